The van der Waals surface area contributed by atoms with Crippen molar-refractivity contribution in [1.82, 2.24) is 9.97 Å². The predicted octanol–water partition coefficient (Wildman–Crippen LogP) is 2.68. The van der Waals surface area contributed by atoms with E-state index in [0.717, 1.165) is 54.5 Å². The fourth-order valence-corrected chi connectivity index (χ4v) is 3.24. The summed E-state index contributed by atoms with van der Waals surface area (Å²) < 4.78 is 5.42. The monoisotopic (exact) mass is 348 g/mol. The second kappa shape index (κ2) is 7.01. The maximum atomic E-state index is 12.0. The van der Waals surface area contributed by atoms with Gasteiger partial charge in [0.1, 0.15) is 0 Å². The summed E-state index contributed by atoms with van der Waals surface area (Å²) in [6.07, 6.45) is 3.44. The first-order chi connectivity index (χ1) is 12.7. The van der Waals surface area contributed by atoms with Crippen LogP contribution >= 0.6 is 0 Å². The van der Waals surface area contributed by atoms with Crippen molar-refractivity contribution in [1.29, 1.82) is 0 Å². The molecule has 3 aromatic rings. The predicted molar refractivity (Wildman–Crippen MR) is 101 cm³/mol. The summed E-state index contributed by atoms with van der Waals surface area (Å²) in [5, 5.41) is 0. The number of pyridine rings is 1. The maximum absolute atomic E-state index is 12.0. The van der Waals surface area contributed by atoms with Gasteiger partial charge in [-0.15, -0.1) is 0 Å². The second-order valence-corrected chi connectivity index (χ2v) is 6.22. The number of nitrogens with one attached hydrogen (secondary N) is 1. The molecule has 132 valence electrons. The van der Waals surface area contributed by atoms with Gasteiger partial charge in [0.05, 0.1) is 24.5 Å². The third kappa shape index (κ3) is 3.19. The molecule has 0 aliphatic carbocycles. The molecule has 2 aromatic heterocycles. The van der Waals surface area contributed by atoms with Crippen molar-refractivity contribution in [2.45, 2.75) is 0 Å². The first-order valence-electron chi connectivity index (χ1n) is 8.59. The molecule has 1 aliphatic heterocycles. The van der Waals surface area contributed by atoms with E-state index in [1.807, 2.05) is 24.3 Å². The first kappa shape index (κ1) is 16.4. The number of ether oxygens (including phenoxy) is 1. The lowest BCUT2D eigenvalue weighted by Crippen LogP contribution is -2.36. The smallest absolute Gasteiger partial charge is 0.250 e. The Morgan fingerprint density at radius 2 is 1.85 bits per heavy atom. The van der Waals surface area contributed by atoms with Gasteiger partial charge in [0.25, 0.3) is 5.91 Å². The van der Waals surface area contributed by atoms with E-state index in [1.165, 1.54) is 0 Å². The molecule has 0 radical (unpaired) electrons. The van der Waals surface area contributed by atoms with E-state index < -0.39 is 5.91 Å². The number of benzene rings is 1. The minimum Gasteiger partial charge on any atom is -0.378 e. The molecule has 3 N–H and O–H groups in total. The topological polar surface area (TPSA) is 84.2 Å². The lowest BCUT2D eigenvalue weighted by molar-refractivity contribution is 0.100. The number of nitrogens with two attached hydrogens (primary N) is 1. The molecule has 0 unspecified atom stereocenters. The largest absolute Gasteiger partial charge is 0.378 e. The van der Waals surface area contributed by atoms with Crippen molar-refractivity contribution in [2.75, 3.05) is 31.2 Å². The number of rotatable bonds is 4. The fraction of sp³-hybridized carbons (Fsp3) is 0.200. The molecule has 3 heterocycles. The number of primary amides is 1. The van der Waals surface area contributed by atoms with Crippen molar-refractivity contribution >= 4 is 11.6 Å². The van der Waals surface area contributed by atoms with Gasteiger partial charge in [0.15, 0.2) is 0 Å². The van der Waals surface area contributed by atoms with Crippen LogP contribution in [0.4, 0.5) is 5.69 Å². The van der Waals surface area contributed by atoms with Gasteiger partial charge in [-0.25, -0.2) is 0 Å². The molecule has 4 rings (SSSR count). The van der Waals surface area contributed by atoms with E-state index in [9.17, 15) is 4.79 Å². The zero-order valence-corrected chi connectivity index (χ0v) is 14.3. The normalized spacial score (nSPS) is 14.4. The number of carbonyl (C=O) groups is 1. The van der Waals surface area contributed by atoms with E-state index in [2.05, 4.69) is 27.0 Å². The lowest BCUT2D eigenvalue weighted by atomic mass is 10.1. The van der Waals surface area contributed by atoms with Crippen LogP contribution in [0.5, 0.6) is 0 Å². The molecule has 6 nitrogen and oxygen atoms in total. The Labute approximate surface area is 151 Å². The van der Waals surface area contributed by atoms with Gasteiger partial charge in [-0.3, -0.25) is 9.78 Å². The number of hydrogen-bond acceptors (Lipinski definition) is 4. The number of hydrogen-bond donors (Lipinski definition) is 2. The number of aromatic amines is 1. The number of anilines is 1. The van der Waals surface area contributed by atoms with Gasteiger partial charge >= 0.3 is 0 Å². The molecule has 1 aromatic carbocycles. The Balaban J connectivity index is 1.75. The Bertz CT molecular complexity index is 915. The molecule has 0 bridgehead atoms. The summed E-state index contributed by atoms with van der Waals surface area (Å²) in [5.41, 5.74) is 10.7. The molecule has 1 amide bonds. The van der Waals surface area contributed by atoms with Crippen LogP contribution in [0.3, 0.4) is 0 Å². The molecule has 6 heteroatoms. The van der Waals surface area contributed by atoms with Crippen LogP contribution in [-0.2, 0) is 4.74 Å². The van der Waals surface area contributed by atoms with Crippen molar-refractivity contribution in [2.24, 2.45) is 5.73 Å². The van der Waals surface area contributed by atoms with E-state index in [1.54, 1.807) is 18.5 Å². The minimum atomic E-state index is -0.451. The zero-order valence-electron chi connectivity index (χ0n) is 14.3. The van der Waals surface area contributed by atoms with Crippen molar-refractivity contribution in [3.05, 3.63) is 60.4 Å². The highest BCUT2D eigenvalue weighted by Gasteiger charge is 2.17. The lowest BCUT2D eigenvalue weighted by Gasteiger charge is -2.29. The average molecular weight is 348 g/mol. The number of carbonyl (C=O) groups excluding carboxylic acids is 1. The van der Waals surface area contributed by atoms with Crippen LogP contribution in [0.25, 0.3) is 22.5 Å². The van der Waals surface area contributed by atoms with E-state index in [4.69, 9.17) is 10.5 Å². The van der Waals surface area contributed by atoms with E-state index in [0.29, 0.717) is 5.56 Å². The van der Waals surface area contributed by atoms with Gasteiger partial charge in [0.2, 0.25) is 0 Å². The first-order valence-corrected chi connectivity index (χ1v) is 8.59. The third-order valence-electron chi connectivity index (χ3n) is 4.59. The summed E-state index contributed by atoms with van der Waals surface area (Å²) in [4.78, 5) is 21.7. The standard InChI is InChI=1S/C20H20N4O2/c21-20(25)17-13-18(14-4-6-22-7-5-14)23-19(17)15-2-1-3-16(12-15)24-8-10-26-11-9-24/h1-7,12-13,23H,8-11H2,(H2,21,25). The van der Waals surface area contributed by atoms with E-state index >= 15 is 0 Å². The fourth-order valence-electron chi connectivity index (χ4n) is 3.24. The summed E-state index contributed by atoms with van der Waals surface area (Å²) in [7, 11) is 0. The van der Waals surface area contributed by atoms with Gasteiger partial charge in [-0.2, -0.15) is 0 Å². The van der Waals surface area contributed by atoms with Crippen LogP contribution in [0.1, 0.15) is 10.4 Å². The summed E-state index contributed by atoms with van der Waals surface area (Å²) in [5.74, 6) is -0.451. The Morgan fingerprint density at radius 3 is 2.58 bits per heavy atom. The minimum absolute atomic E-state index is 0.451. The molecule has 0 saturated carbocycles. The van der Waals surface area contributed by atoms with Crippen LogP contribution in [0, 0.1) is 0 Å². The maximum Gasteiger partial charge on any atom is 0.250 e. The highest BCUT2D eigenvalue weighted by molar-refractivity contribution is 6.01. The summed E-state index contributed by atoms with van der Waals surface area (Å²) in [6, 6.07) is 13.7. The van der Waals surface area contributed by atoms with Gasteiger partial charge in [-0.05, 0) is 30.3 Å². The number of nitrogens with zero attached hydrogens (tertiary/aromatic N) is 2. The number of morpholine rings is 1. The average Bonchev–Trinajstić information content (AvgIpc) is 3.15. The van der Waals surface area contributed by atoms with Gasteiger partial charge in [-0.1, -0.05) is 12.1 Å². The Hall–Kier alpha value is -3.12. The molecular formula is C20H20N4O2. The molecule has 1 saturated heterocycles. The Kier molecular flexibility index (Phi) is 4.41. The number of H-pyrrole nitrogens is 1. The van der Waals surface area contributed by atoms with Crippen LogP contribution < -0.4 is 10.6 Å². The van der Waals surface area contributed by atoms with Crippen LogP contribution in [0.2, 0.25) is 0 Å². The quantitative estimate of drug-likeness (QED) is 0.759. The number of aromatic nitrogens is 2. The molecule has 0 spiro atoms. The number of amides is 1. The molecule has 1 fully saturated rings. The highest BCUT2D eigenvalue weighted by atomic mass is 16.5. The molecule has 26 heavy (non-hydrogen) atoms. The molecule has 1 aliphatic rings. The third-order valence-corrected chi connectivity index (χ3v) is 4.59. The van der Waals surface area contributed by atoms with E-state index in [-0.39, 0.29) is 0 Å². The van der Waals surface area contributed by atoms with Crippen LogP contribution in [-0.4, -0.2) is 42.2 Å². The SMILES string of the molecule is NC(=O)c1cc(-c2ccncc2)[nH]c1-c1cccc(N2CCOCC2)c1. The summed E-state index contributed by atoms with van der Waals surface area (Å²) >= 11 is 0. The Morgan fingerprint density at radius 1 is 1.08 bits per heavy atom. The van der Waals surface area contributed by atoms with Crippen molar-refractivity contribution < 1.29 is 9.53 Å². The van der Waals surface area contributed by atoms with Gasteiger partial charge in [0, 0.05) is 48.0 Å². The molecule has 0 atom stereocenters. The van der Waals surface area contributed by atoms with Crippen molar-refractivity contribution in [3.63, 3.8) is 0 Å². The summed E-state index contributed by atoms with van der Waals surface area (Å²) in [6.45, 7) is 3.18. The zero-order chi connectivity index (χ0) is 17.9. The highest BCUT2D eigenvalue weighted by Crippen LogP contribution is 2.31. The van der Waals surface area contributed by atoms with Crippen LogP contribution in [0.15, 0.2) is 54.9 Å². The second-order valence-electron chi connectivity index (χ2n) is 6.22. The molecular weight excluding hydrogens is 328 g/mol. The van der Waals surface area contributed by atoms with Crippen molar-refractivity contribution in [3.8, 4) is 22.5 Å². The van der Waals surface area contributed by atoms with Gasteiger partial charge < -0.3 is 20.4 Å².